The highest BCUT2D eigenvalue weighted by atomic mass is 16.6. The minimum Gasteiger partial charge on any atom is -0.466 e. The third-order valence-electron chi connectivity index (χ3n) is 13.4. The molecule has 1 unspecified atom stereocenters. The van der Waals surface area contributed by atoms with E-state index in [2.05, 4.69) is 13.2 Å². The predicted octanol–water partition coefficient (Wildman–Crippen LogP) is 8.31. The number of hydrogen-bond acceptors (Lipinski definition) is 22. The summed E-state index contributed by atoms with van der Waals surface area (Å²) in [7, 11) is 0. The van der Waals surface area contributed by atoms with Gasteiger partial charge in [0.05, 0.1) is 69.2 Å². The highest BCUT2D eigenvalue weighted by Crippen LogP contribution is 2.36. The summed E-state index contributed by atoms with van der Waals surface area (Å²) in [4.78, 5) is 129. The van der Waals surface area contributed by atoms with Crippen molar-refractivity contribution < 1.29 is 105 Å². The standard InChI is InChI=1S/C60H78O22/c1-6-15-40(24-29-53(63)75-32-12-11-30-73-51(61)7-2)57(67)81-49-27-25-45(38-47(49)59(69)77-36-34-71-9-4)79-55(65)42-20-22-43(23-21-42)56(66)80-46-26-28-50(48(39-46)60(70)78-37-35-72-10-5)82-58(68)44-18-16-41(17-19-44)54(64)76-33-14-13-31-74-52(62)8-3/h7-8,25-28,38-44H,2-3,6,9-24,29-37H2,1,4-5H3. The van der Waals surface area contributed by atoms with Crippen molar-refractivity contribution in [2.45, 2.75) is 124 Å². The van der Waals surface area contributed by atoms with Crippen LogP contribution in [0.15, 0.2) is 61.7 Å². The molecule has 0 aliphatic heterocycles. The molecule has 0 aromatic heterocycles. The Labute approximate surface area is 478 Å². The third-order valence-corrected chi connectivity index (χ3v) is 13.4. The molecule has 1 atom stereocenters. The Bertz CT molecular complexity index is 2470. The van der Waals surface area contributed by atoms with Crippen LogP contribution in [0.2, 0.25) is 0 Å². The van der Waals surface area contributed by atoms with Crippen molar-refractivity contribution >= 4 is 59.7 Å². The van der Waals surface area contributed by atoms with Crippen LogP contribution < -0.4 is 18.9 Å². The van der Waals surface area contributed by atoms with Gasteiger partial charge in [-0.15, -0.1) is 0 Å². The van der Waals surface area contributed by atoms with Gasteiger partial charge in [-0.2, -0.15) is 0 Å². The van der Waals surface area contributed by atoms with Gasteiger partial charge in [-0.05, 0) is 140 Å². The zero-order valence-corrected chi connectivity index (χ0v) is 47.3. The van der Waals surface area contributed by atoms with E-state index in [4.69, 9.17) is 56.8 Å². The summed E-state index contributed by atoms with van der Waals surface area (Å²) in [5, 5.41) is 0. The highest BCUT2D eigenvalue weighted by molar-refractivity contribution is 5.95. The van der Waals surface area contributed by atoms with Crippen molar-refractivity contribution in [2.75, 3.05) is 66.1 Å². The number of unbranched alkanes of at least 4 members (excludes halogenated alkanes) is 2. The summed E-state index contributed by atoms with van der Waals surface area (Å²) in [6, 6.07) is 7.89. The predicted molar refractivity (Wildman–Crippen MR) is 290 cm³/mol. The van der Waals surface area contributed by atoms with Crippen molar-refractivity contribution in [3.63, 3.8) is 0 Å². The van der Waals surface area contributed by atoms with Crippen LogP contribution in [0, 0.1) is 29.6 Å². The Morgan fingerprint density at radius 3 is 1.29 bits per heavy atom. The summed E-state index contributed by atoms with van der Waals surface area (Å²) < 4.78 is 64.8. The molecule has 0 spiro atoms. The van der Waals surface area contributed by atoms with Crippen LogP contribution in [-0.2, 0) is 76.3 Å². The van der Waals surface area contributed by atoms with Gasteiger partial charge >= 0.3 is 59.7 Å². The van der Waals surface area contributed by atoms with E-state index in [1.54, 1.807) is 13.8 Å². The zero-order chi connectivity index (χ0) is 59.7. The number of carbonyl (C=O) groups excluding carboxylic acids is 10. The molecular weight excluding hydrogens is 1070 g/mol. The van der Waals surface area contributed by atoms with E-state index >= 15 is 0 Å². The summed E-state index contributed by atoms with van der Waals surface area (Å²) in [6.45, 7) is 13.5. The number of rotatable bonds is 36. The quantitative estimate of drug-likeness (QED) is 0.0204. The van der Waals surface area contributed by atoms with Crippen molar-refractivity contribution in [2.24, 2.45) is 29.6 Å². The van der Waals surface area contributed by atoms with Crippen molar-refractivity contribution in [3.8, 4) is 23.0 Å². The van der Waals surface area contributed by atoms with Gasteiger partial charge < -0.3 is 56.8 Å². The molecule has 0 amide bonds. The van der Waals surface area contributed by atoms with Crippen LogP contribution in [0.3, 0.4) is 0 Å². The first-order valence-corrected chi connectivity index (χ1v) is 28.2. The number of hydrogen-bond donors (Lipinski definition) is 0. The Morgan fingerprint density at radius 2 is 0.866 bits per heavy atom. The van der Waals surface area contributed by atoms with E-state index in [0.29, 0.717) is 77.4 Å². The molecule has 2 aromatic carbocycles. The van der Waals surface area contributed by atoms with Crippen LogP contribution in [0.5, 0.6) is 23.0 Å². The molecule has 4 rings (SSSR count). The number of ether oxygens (including phenoxy) is 12. The van der Waals surface area contributed by atoms with Gasteiger partial charge in [0.2, 0.25) is 0 Å². The minimum atomic E-state index is -0.872. The molecule has 2 fully saturated rings. The number of benzene rings is 2. The normalized spacial score (nSPS) is 16.9. The lowest BCUT2D eigenvalue weighted by atomic mass is 9.82. The van der Waals surface area contributed by atoms with Crippen LogP contribution in [0.25, 0.3) is 0 Å². The van der Waals surface area contributed by atoms with E-state index in [1.807, 2.05) is 6.92 Å². The summed E-state index contributed by atoms with van der Waals surface area (Å²) in [5.74, 6) is -9.51. The summed E-state index contributed by atoms with van der Waals surface area (Å²) in [6.07, 6.45) is 7.52. The zero-order valence-electron chi connectivity index (χ0n) is 47.3. The lowest BCUT2D eigenvalue weighted by Gasteiger charge is -2.26. The molecule has 0 heterocycles. The second kappa shape index (κ2) is 37.5. The molecule has 0 N–H and O–H groups in total. The van der Waals surface area contributed by atoms with Crippen molar-refractivity contribution in [1.82, 2.24) is 0 Å². The Balaban J connectivity index is 1.33. The van der Waals surface area contributed by atoms with E-state index < -0.39 is 83.3 Å². The summed E-state index contributed by atoms with van der Waals surface area (Å²) in [5.41, 5.74) is -0.365. The molecular formula is C60H78O22. The van der Waals surface area contributed by atoms with Gasteiger partial charge in [0.15, 0.2) is 0 Å². The minimum absolute atomic E-state index is 0.0165. The Kier molecular flexibility index (Phi) is 30.7. The van der Waals surface area contributed by atoms with Gasteiger partial charge in [0.25, 0.3) is 0 Å². The molecule has 82 heavy (non-hydrogen) atoms. The fourth-order valence-electron chi connectivity index (χ4n) is 8.83. The van der Waals surface area contributed by atoms with Gasteiger partial charge in [-0.1, -0.05) is 26.5 Å². The van der Waals surface area contributed by atoms with Gasteiger partial charge in [0, 0.05) is 31.8 Å². The van der Waals surface area contributed by atoms with Crippen LogP contribution >= 0.6 is 0 Å². The van der Waals surface area contributed by atoms with E-state index in [-0.39, 0.29) is 131 Å². The Hall–Kier alpha value is -7.46. The molecule has 22 nitrogen and oxygen atoms in total. The average Bonchev–Trinajstić information content (AvgIpc) is 3.69. The lowest BCUT2D eigenvalue weighted by Crippen LogP contribution is -2.30. The van der Waals surface area contributed by atoms with E-state index in [0.717, 1.165) is 12.2 Å². The Morgan fingerprint density at radius 1 is 0.463 bits per heavy atom. The average molecular weight is 1150 g/mol. The summed E-state index contributed by atoms with van der Waals surface area (Å²) >= 11 is 0. The molecule has 0 saturated heterocycles. The van der Waals surface area contributed by atoms with Gasteiger partial charge in [0.1, 0.15) is 47.3 Å². The molecule has 2 saturated carbocycles. The second-order valence-corrected chi connectivity index (χ2v) is 19.3. The van der Waals surface area contributed by atoms with Crippen molar-refractivity contribution in [1.29, 1.82) is 0 Å². The SMILES string of the molecule is C=CC(=O)OCCCCOC(=O)CCC(CCC)C(=O)Oc1ccc(OC(=O)C2CCC(C(=O)Oc3ccc(OC(=O)C4CCC(C(=O)OCCCCOC(=O)C=C)CC4)c(C(=O)OCCOCC)c3)CC2)cc1C(=O)OCCOCC. The van der Waals surface area contributed by atoms with Gasteiger partial charge in [-0.25, -0.2) is 19.2 Å². The molecule has 2 aromatic rings. The fourth-order valence-corrected chi connectivity index (χ4v) is 8.83. The van der Waals surface area contributed by atoms with E-state index in [1.165, 1.54) is 36.4 Å². The first kappa shape index (κ1) is 67.0. The first-order valence-electron chi connectivity index (χ1n) is 28.2. The van der Waals surface area contributed by atoms with Crippen LogP contribution in [0.1, 0.15) is 144 Å². The molecule has 2 aliphatic rings. The third kappa shape index (κ3) is 23.9. The maximum absolute atomic E-state index is 13.6. The van der Waals surface area contributed by atoms with Crippen LogP contribution in [0.4, 0.5) is 0 Å². The molecule has 450 valence electrons. The topological polar surface area (TPSA) is 281 Å². The van der Waals surface area contributed by atoms with E-state index in [9.17, 15) is 47.9 Å². The monoisotopic (exact) mass is 1150 g/mol. The fraction of sp³-hybridized carbons (Fsp3) is 0.567. The number of esters is 10. The second-order valence-electron chi connectivity index (χ2n) is 19.3. The number of carbonyl (C=O) groups is 10. The smallest absolute Gasteiger partial charge is 0.342 e. The molecule has 2 aliphatic carbocycles. The lowest BCUT2D eigenvalue weighted by molar-refractivity contribution is -0.152. The van der Waals surface area contributed by atoms with Gasteiger partial charge in [-0.3, -0.25) is 28.8 Å². The van der Waals surface area contributed by atoms with Crippen molar-refractivity contribution in [3.05, 3.63) is 72.8 Å². The largest absolute Gasteiger partial charge is 0.466 e. The first-order chi connectivity index (χ1) is 39.6. The van der Waals surface area contributed by atoms with Crippen LogP contribution in [-0.4, -0.2) is 126 Å². The molecule has 0 radical (unpaired) electrons. The maximum atomic E-state index is 13.6. The molecule has 0 bridgehead atoms. The highest BCUT2D eigenvalue weighted by Gasteiger charge is 2.35. The molecule has 22 heteroatoms. The maximum Gasteiger partial charge on any atom is 0.342 e.